The molecule has 1 aromatic carbocycles. The maximum atomic E-state index is 12.3. The first-order valence-electron chi connectivity index (χ1n) is 7.53. The minimum atomic E-state index is -1.10. The first kappa shape index (κ1) is 17.3. The number of amides is 2. The molecule has 132 valence electrons. The highest BCUT2D eigenvalue weighted by Crippen LogP contribution is 2.39. The molecular formula is C16H17N3O5S. The van der Waals surface area contributed by atoms with Crippen LogP contribution >= 0.6 is 11.8 Å². The lowest BCUT2D eigenvalue weighted by atomic mass is 9.98. The molecule has 0 bridgehead atoms. The van der Waals surface area contributed by atoms with Crippen LogP contribution in [0.25, 0.3) is 0 Å². The third-order valence-corrected chi connectivity index (χ3v) is 5.54. The lowest BCUT2D eigenvalue weighted by molar-refractivity contribution is -0.160. The highest BCUT2D eigenvalue weighted by molar-refractivity contribution is 8.02. The summed E-state index contributed by atoms with van der Waals surface area (Å²) in [7, 11) is 0. The number of carbonyl (C=O) groups is 3. The van der Waals surface area contributed by atoms with Crippen molar-refractivity contribution in [3.63, 3.8) is 0 Å². The lowest BCUT2D eigenvalue weighted by Gasteiger charge is -2.51. The van der Waals surface area contributed by atoms with Crippen molar-refractivity contribution < 1.29 is 24.6 Å². The van der Waals surface area contributed by atoms with Crippen LogP contribution in [0.2, 0.25) is 0 Å². The molecule has 1 saturated heterocycles. The summed E-state index contributed by atoms with van der Waals surface area (Å²) in [5.41, 5.74) is 6.97. The van der Waals surface area contributed by atoms with Crippen molar-refractivity contribution >= 4 is 29.5 Å². The Morgan fingerprint density at radius 2 is 1.96 bits per heavy atom. The van der Waals surface area contributed by atoms with E-state index in [0.717, 1.165) is 0 Å². The van der Waals surface area contributed by atoms with Crippen molar-refractivity contribution in [1.29, 1.82) is 0 Å². The zero-order chi connectivity index (χ0) is 18.3. The number of phenols is 1. The average molecular weight is 363 g/mol. The quantitative estimate of drug-likeness (QED) is 0.560. The van der Waals surface area contributed by atoms with E-state index in [9.17, 15) is 24.6 Å². The number of fused-ring (bicyclic) bond motifs is 1. The van der Waals surface area contributed by atoms with E-state index < -0.39 is 41.3 Å². The Bertz CT molecular complexity index is 764. The molecule has 0 saturated carbocycles. The van der Waals surface area contributed by atoms with E-state index in [2.05, 4.69) is 5.32 Å². The van der Waals surface area contributed by atoms with Crippen LogP contribution in [0, 0.1) is 0 Å². The van der Waals surface area contributed by atoms with Gasteiger partial charge >= 0.3 is 5.97 Å². The first-order chi connectivity index (χ1) is 11.8. The fourth-order valence-electron chi connectivity index (χ4n) is 2.89. The number of aromatic hydroxyl groups is 1. The van der Waals surface area contributed by atoms with Gasteiger partial charge < -0.3 is 26.2 Å². The summed E-state index contributed by atoms with van der Waals surface area (Å²) in [6.45, 7) is 1.65. The van der Waals surface area contributed by atoms with Gasteiger partial charge in [0.1, 0.15) is 23.2 Å². The molecule has 8 nitrogen and oxygen atoms in total. The number of hydrogen-bond donors (Lipinski definition) is 4. The van der Waals surface area contributed by atoms with Crippen molar-refractivity contribution in [2.75, 3.05) is 0 Å². The number of nitrogens with two attached hydrogens (primary N) is 1. The zero-order valence-electron chi connectivity index (χ0n) is 13.2. The smallest absolute Gasteiger partial charge is 0.330 e. The van der Waals surface area contributed by atoms with Crippen LogP contribution in [0.4, 0.5) is 0 Å². The summed E-state index contributed by atoms with van der Waals surface area (Å²) >= 11 is 1.30. The number of aliphatic carboxylic acids is 1. The second-order valence-electron chi connectivity index (χ2n) is 5.93. The molecule has 0 spiro atoms. The fraction of sp³-hybridized carbons (Fsp3) is 0.312. The van der Waals surface area contributed by atoms with Gasteiger partial charge in [-0.15, -0.1) is 11.8 Å². The number of rotatable bonds is 4. The number of benzene rings is 1. The van der Waals surface area contributed by atoms with E-state index in [0.29, 0.717) is 11.1 Å². The van der Waals surface area contributed by atoms with E-state index in [-0.39, 0.29) is 5.75 Å². The van der Waals surface area contributed by atoms with E-state index in [1.165, 1.54) is 40.9 Å². The number of phenolic OH excluding ortho intramolecular Hbond substituents is 1. The van der Waals surface area contributed by atoms with E-state index in [1.54, 1.807) is 12.3 Å². The SMILES string of the molecule is CC1=CS[C@@H]2[C@H](NC(=O)C(N)c3ccc(O)cc3)C(=O)N2[C@H]1C(=O)O. The van der Waals surface area contributed by atoms with Gasteiger partial charge in [0.15, 0.2) is 6.04 Å². The second kappa shape index (κ2) is 6.41. The molecule has 1 unspecified atom stereocenters. The van der Waals surface area contributed by atoms with Gasteiger partial charge in [0.05, 0.1) is 0 Å². The molecule has 25 heavy (non-hydrogen) atoms. The van der Waals surface area contributed by atoms with Crippen LogP contribution < -0.4 is 11.1 Å². The maximum absolute atomic E-state index is 12.3. The van der Waals surface area contributed by atoms with Gasteiger partial charge in [-0.3, -0.25) is 9.59 Å². The number of thioether (sulfide) groups is 1. The predicted molar refractivity (Wildman–Crippen MR) is 90.4 cm³/mol. The van der Waals surface area contributed by atoms with Crippen LogP contribution in [0.15, 0.2) is 35.2 Å². The molecule has 1 fully saturated rings. The molecule has 0 radical (unpaired) electrons. The number of carbonyl (C=O) groups excluding carboxylic acids is 2. The van der Waals surface area contributed by atoms with Gasteiger partial charge in [0, 0.05) is 0 Å². The Labute approximate surface area is 147 Å². The fourth-order valence-corrected chi connectivity index (χ4v) is 4.07. The van der Waals surface area contributed by atoms with E-state index >= 15 is 0 Å². The number of β-lactam (4-membered cyclic amide) rings is 1. The van der Waals surface area contributed by atoms with Crippen LogP contribution in [0.3, 0.4) is 0 Å². The van der Waals surface area contributed by atoms with Crippen molar-refractivity contribution in [2.45, 2.75) is 30.4 Å². The third-order valence-electron chi connectivity index (χ3n) is 4.25. The van der Waals surface area contributed by atoms with Crippen LogP contribution in [-0.4, -0.2) is 50.4 Å². The Morgan fingerprint density at radius 1 is 1.32 bits per heavy atom. The molecule has 2 aliphatic heterocycles. The monoisotopic (exact) mass is 363 g/mol. The molecule has 2 aliphatic rings. The van der Waals surface area contributed by atoms with Crippen molar-refractivity contribution in [3.05, 3.63) is 40.8 Å². The highest BCUT2D eigenvalue weighted by atomic mass is 32.2. The van der Waals surface area contributed by atoms with Gasteiger partial charge in [0.25, 0.3) is 0 Å². The number of nitrogens with zero attached hydrogens (tertiary/aromatic N) is 1. The molecule has 0 aliphatic carbocycles. The van der Waals surface area contributed by atoms with Crippen molar-refractivity contribution in [1.82, 2.24) is 10.2 Å². The molecule has 3 rings (SSSR count). The van der Waals surface area contributed by atoms with Gasteiger partial charge in [-0.2, -0.15) is 0 Å². The van der Waals surface area contributed by atoms with Gasteiger partial charge in [-0.05, 0) is 35.6 Å². The number of carboxylic acid groups (broad SMARTS) is 1. The lowest BCUT2D eigenvalue weighted by Crippen LogP contribution is -2.74. The molecule has 4 atom stereocenters. The Morgan fingerprint density at radius 3 is 2.56 bits per heavy atom. The largest absolute Gasteiger partial charge is 0.508 e. The molecular weight excluding hydrogens is 346 g/mol. The summed E-state index contributed by atoms with van der Waals surface area (Å²) in [5.74, 6) is -2.02. The summed E-state index contributed by atoms with van der Waals surface area (Å²) in [5, 5.41) is 22.4. The molecule has 2 amide bonds. The topological polar surface area (TPSA) is 133 Å². The van der Waals surface area contributed by atoms with E-state index in [1.807, 2.05) is 0 Å². The minimum Gasteiger partial charge on any atom is -0.508 e. The summed E-state index contributed by atoms with van der Waals surface area (Å²) in [6, 6.07) is 3.07. The first-order valence-corrected chi connectivity index (χ1v) is 8.47. The van der Waals surface area contributed by atoms with Crippen LogP contribution in [0.1, 0.15) is 18.5 Å². The zero-order valence-corrected chi connectivity index (χ0v) is 14.1. The van der Waals surface area contributed by atoms with Crippen LogP contribution in [0.5, 0.6) is 5.75 Å². The number of nitrogens with one attached hydrogen (secondary N) is 1. The Kier molecular flexibility index (Phi) is 4.44. The molecule has 0 aromatic heterocycles. The minimum absolute atomic E-state index is 0.0571. The predicted octanol–water partition coefficient (Wildman–Crippen LogP) is 0.149. The van der Waals surface area contributed by atoms with Gasteiger partial charge in [0.2, 0.25) is 11.8 Å². The van der Waals surface area contributed by atoms with Gasteiger partial charge in [-0.1, -0.05) is 12.1 Å². The standard InChI is InChI=1S/C16H17N3O5S/c1-7-6-25-15-11(14(22)19(15)12(7)16(23)24)18-13(21)10(17)8-2-4-9(20)5-3-8/h2-6,10-12,15,20H,17H2,1H3,(H,18,21)(H,23,24)/t10?,11-,12-,15-/m1/s1. The molecule has 5 N–H and O–H groups in total. The molecule has 9 heteroatoms. The summed E-state index contributed by atoms with van der Waals surface area (Å²) in [6.07, 6.45) is 0. The number of hydrogen-bond acceptors (Lipinski definition) is 6. The molecule has 2 heterocycles. The van der Waals surface area contributed by atoms with Crippen molar-refractivity contribution in [2.24, 2.45) is 5.73 Å². The number of carboxylic acids is 1. The van der Waals surface area contributed by atoms with Crippen LogP contribution in [-0.2, 0) is 14.4 Å². The maximum Gasteiger partial charge on any atom is 0.330 e. The normalized spacial score (nSPS) is 26.2. The average Bonchev–Trinajstić information content (AvgIpc) is 2.58. The third kappa shape index (κ3) is 2.96. The second-order valence-corrected chi connectivity index (χ2v) is 6.92. The summed E-state index contributed by atoms with van der Waals surface area (Å²) in [4.78, 5) is 37.3. The molecule has 1 aromatic rings. The Hall–Kier alpha value is -2.52. The van der Waals surface area contributed by atoms with Gasteiger partial charge in [-0.25, -0.2) is 4.79 Å². The van der Waals surface area contributed by atoms with E-state index in [4.69, 9.17) is 5.73 Å². The Balaban J connectivity index is 1.70. The van der Waals surface area contributed by atoms with Crippen molar-refractivity contribution in [3.8, 4) is 5.75 Å². The highest BCUT2D eigenvalue weighted by Gasteiger charge is 2.55. The summed E-state index contributed by atoms with van der Waals surface area (Å²) < 4.78 is 0.